The minimum absolute atomic E-state index is 0.228. The smallest absolute Gasteiger partial charge is 0.125 e. The van der Waals surface area contributed by atoms with E-state index in [1.54, 1.807) is 12.3 Å². The zero-order valence-corrected chi connectivity index (χ0v) is 9.07. The molecular weight excluding hydrogens is 203 g/mol. The van der Waals surface area contributed by atoms with Gasteiger partial charge in [-0.2, -0.15) is 0 Å². The Morgan fingerprint density at radius 2 is 2.12 bits per heavy atom. The van der Waals surface area contributed by atoms with E-state index >= 15 is 0 Å². The Morgan fingerprint density at radius 1 is 1.25 bits per heavy atom. The fourth-order valence-corrected chi connectivity index (χ4v) is 1.47. The number of aromatic nitrogens is 1. The van der Waals surface area contributed by atoms with Gasteiger partial charge >= 0.3 is 0 Å². The molecule has 2 rings (SSSR count). The number of aryl methyl sites for hydroxylation is 1. The molecule has 0 saturated carbocycles. The fraction of sp³-hybridized carbons (Fsp3) is 0.154. The molecule has 16 heavy (non-hydrogen) atoms. The van der Waals surface area contributed by atoms with Crippen LogP contribution in [0.3, 0.4) is 0 Å². The average Bonchev–Trinajstić information content (AvgIpc) is 2.32. The summed E-state index contributed by atoms with van der Waals surface area (Å²) in [5, 5.41) is 3.17. The van der Waals surface area contributed by atoms with Gasteiger partial charge in [0.2, 0.25) is 0 Å². The minimum Gasteiger partial charge on any atom is -0.379 e. The first kappa shape index (κ1) is 10.6. The van der Waals surface area contributed by atoms with Crippen molar-refractivity contribution < 1.29 is 4.39 Å². The van der Waals surface area contributed by atoms with Crippen molar-refractivity contribution in [2.45, 2.75) is 13.5 Å². The van der Waals surface area contributed by atoms with Crippen LogP contribution >= 0.6 is 0 Å². The van der Waals surface area contributed by atoms with E-state index < -0.39 is 0 Å². The number of hydrogen-bond acceptors (Lipinski definition) is 2. The SMILES string of the molecule is Cc1ccc(F)cc1NCc1ccccn1. The Hall–Kier alpha value is -1.90. The van der Waals surface area contributed by atoms with Crippen LogP contribution in [0.5, 0.6) is 0 Å². The maximum atomic E-state index is 13.0. The molecule has 0 fully saturated rings. The number of nitrogens with one attached hydrogen (secondary N) is 1. The summed E-state index contributed by atoms with van der Waals surface area (Å²) < 4.78 is 13.0. The number of halogens is 1. The molecule has 1 N–H and O–H groups in total. The summed E-state index contributed by atoms with van der Waals surface area (Å²) in [6.07, 6.45) is 1.75. The van der Waals surface area contributed by atoms with E-state index in [0.29, 0.717) is 6.54 Å². The van der Waals surface area contributed by atoms with E-state index in [0.717, 1.165) is 16.9 Å². The second kappa shape index (κ2) is 4.75. The van der Waals surface area contributed by atoms with Crippen molar-refractivity contribution in [2.24, 2.45) is 0 Å². The van der Waals surface area contributed by atoms with Gasteiger partial charge in [-0.25, -0.2) is 4.39 Å². The van der Waals surface area contributed by atoms with E-state index in [2.05, 4.69) is 10.3 Å². The van der Waals surface area contributed by atoms with Gasteiger partial charge in [-0.1, -0.05) is 12.1 Å². The molecule has 0 bridgehead atoms. The van der Waals surface area contributed by atoms with Crippen LogP contribution in [-0.4, -0.2) is 4.98 Å². The zero-order chi connectivity index (χ0) is 11.4. The Morgan fingerprint density at radius 3 is 2.88 bits per heavy atom. The van der Waals surface area contributed by atoms with Crippen molar-refractivity contribution in [1.82, 2.24) is 4.98 Å². The lowest BCUT2D eigenvalue weighted by atomic mass is 10.2. The molecule has 2 aromatic rings. The van der Waals surface area contributed by atoms with E-state index in [9.17, 15) is 4.39 Å². The average molecular weight is 216 g/mol. The van der Waals surface area contributed by atoms with Crippen LogP contribution in [0.1, 0.15) is 11.3 Å². The Bertz CT molecular complexity index is 469. The number of pyridine rings is 1. The summed E-state index contributed by atoms with van der Waals surface area (Å²) >= 11 is 0. The van der Waals surface area contributed by atoms with Crippen molar-refractivity contribution in [3.05, 3.63) is 59.7 Å². The van der Waals surface area contributed by atoms with Gasteiger partial charge in [0.25, 0.3) is 0 Å². The zero-order valence-electron chi connectivity index (χ0n) is 9.07. The molecule has 3 heteroatoms. The maximum Gasteiger partial charge on any atom is 0.125 e. The number of benzene rings is 1. The molecule has 0 aliphatic rings. The van der Waals surface area contributed by atoms with Gasteiger partial charge in [0, 0.05) is 11.9 Å². The Kier molecular flexibility index (Phi) is 3.15. The first-order valence-electron chi connectivity index (χ1n) is 5.15. The largest absolute Gasteiger partial charge is 0.379 e. The van der Waals surface area contributed by atoms with Gasteiger partial charge < -0.3 is 5.32 Å². The van der Waals surface area contributed by atoms with Crippen LogP contribution in [0.4, 0.5) is 10.1 Å². The first-order chi connectivity index (χ1) is 7.75. The molecule has 2 nitrogen and oxygen atoms in total. The van der Waals surface area contributed by atoms with Crippen LogP contribution in [0.15, 0.2) is 42.6 Å². The summed E-state index contributed by atoms with van der Waals surface area (Å²) in [5.74, 6) is -0.228. The summed E-state index contributed by atoms with van der Waals surface area (Å²) in [6.45, 7) is 2.55. The predicted molar refractivity (Wildman–Crippen MR) is 62.7 cm³/mol. The molecule has 0 atom stereocenters. The first-order valence-corrected chi connectivity index (χ1v) is 5.15. The summed E-state index contributed by atoms with van der Waals surface area (Å²) in [4.78, 5) is 4.19. The monoisotopic (exact) mass is 216 g/mol. The number of rotatable bonds is 3. The standard InChI is InChI=1S/C13H13FN2/c1-10-5-6-11(14)8-13(10)16-9-12-4-2-3-7-15-12/h2-8,16H,9H2,1H3. The number of anilines is 1. The van der Waals surface area contributed by atoms with Gasteiger partial charge in [0.1, 0.15) is 5.82 Å². The number of hydrogen-bond donors (Lipinski definition) is 1. The van der Waals surface area contributed by atoms with Gasteiger partial charge in [0.05, 0.1) is 12.2 Å². The van der Waals surface area contributed by atoms with Gasteiger partial charge in [0.15, 0.2) is 0 Å². The summed E-state index contributed by atoms with van der Waals surface area (Å²) in [6, 6.07) is 10.5. The quantitative estimate of drug-likeness (QED) is 0.852. The van der Waals surface area contributed by atoms with Crippen LogP contribution < -0.4 is 5.32 Å². The molecule has 1 aromatic carbocycles. The van der Waals surface area contributed by atoms with Gasteiger partial charge in [-0.05, 0) is 36.8 Å². The molecule has 0 aliphatic heterocycles. The highest BCUT2D eigenvalue weighted by molar-refractivity contribution is 5.50. The third-order valence-electron chi connectivity index (χ3n) is 2.39. The van der Waals surface area contributed by atoms with Crippen molar-refractivity contribution in [3.63, 3.8) is 0 Å². The van der Waals surface area contributed by atoms with Gasteiger partial charge in [-0.15, -0.1) is 0 Å². The third-order valence-corrected chi connectivity index (χ3v) is 2.39. The molecule has 0 aliphatic carbocycles. The van der Waals surface area contributed by atoms with Crippen molar-refractivity contribution in [2.75, 3.05) is 5.32 Å². The van der Waals surface area contributed by atoms with Crippen molar-refractivity contribution >= 4 is 5.69 Å². The molecule has 1 heterocycles. The maximum absolute atomic E-state index is 13.0. The molecule has 1 aromatic heterocycles. The minimum atomic E-state index is -0.228. The van der Waals surface area contributed by atoms with E-state index in [1.807, 2.05) is 25.1 Å². The molecule has 82 valence electrons. The van der Waals surface area contributed by atoms with Gasteiger partial charge in [-0.3, -0.25) is 4.98 Å². The molecular formula is C13H13FN2. The summed E-state index contributed by atoms with van der Waals surface area (Å²) in [5.41, 5.74) is 2.77. The Balaban J connectivity index is 2.08. The van der Waals surface area contributed by atoms with Crippen LogP contribution in [-0.2, 0) is 6.54 Å². The molecule has 0 unspecified atom stereocenters. The summed E-state index contributed by atoms with van der Waals surface area (Å²) in [7, 11) is 0. The highest BCUT2D eigenvalue weighted by Crippen LogP contribution is 2.16. The number of nitrogens with zero attached hydrogens (tertiary/aromatic N) is 1. The Labute approximate surface area is 94.2 Å². The second-order valence-corrected chi connectivity index (χ2v) is 3.63. The van der Waals surface area contributed by atoms with E-state index in [-0.39, 0.29) is 5.82 Å². The lowest BCUT2D eigenvalue weighted by Gasteiger charge is -2.08. The van der Waals surface area contributed by atoms with Crippen LogP contribution in [0.25, 0.3) is 0 Å². The highest BCUT2D eigenvalue weighted by atomic mass is 19.1. The lowest BCUT2D eigenvalue weighted by Crippen LogP contribution is -2.02. The molecule has 0 radical (unpaired) electrons. The highest BCUT2D eigenvalue weighted by Gasteiger charge is 2.00. The van der Waals surface area contributed by atoms with Crippen molar-refractivity contribution in [1.29, 1.82) is 0 Å². The topological polar surface area (TPSA) is 24.9 Å². The van der Waals surface area contributed by atoms with Crippen molar-refractivity contribution in [3.8, 4) is 0 Å². The molecule has 0 spiro atoms. The van der Waals surface area contributed by atoms with Crippen LogP contribution in [0.2, 0.25) is 0 Å². The van der Waals surface area contributed by atoms with Crippen LogP contribution in [0, 0.1) is 12.7 Å². The predicted octanol–water partition coefficient (Wildman–Crippen LogP) is 3.14. The second-order valence-electron chi connectivity index (χ2n) is 3.63. The lowest BCUT2D eigenvalue weighted by molar-refractivity contribution is 0.628. The molecule has 0 amide bonds. The van der Waals surface area contributed by atoms with E-state index in [1.165, 1.54) is 12.1 Å². The van der Waals surface area contributed by atoms with E-state index in [4.69, 9.17) is 0 Å². The molecule has 0 saturated heterocycles. The normalized spacial score (nSPS) is 10.1. The fourth-order valence-electron chi connectivity index (χ4n) is 1.47. The third kappa shape index (κ3) is 2.57.